The maximum absolute atomic E-state index is 12.4. The number of anilines is 1. The molecule has 8 heteroatoms. The molecule has 0 spiro atoms. The Morgan fingerprint density at radius 1 is 1.26 bits per heavy atom. The van der Waals surface area contributed by atoms with E-state index in [2.05, 4.69) is 27.4 Å². The van der Waals surface area contributed by atoms with Crippen LogP contribution in [0.4, 0.5) is 10.5 Å². The minimum absolute atomic E-state index is 0.0240. The van der Waals surface area contributed by atoms with Crippen molar-refractivity contribution in [1.29, 1.82) is 0 Å². The standard InChI is InChI=1S/C26H34N4O4/c1-5-15-14-30-11-9-17(15)23-22(30)24(33-23)18-8-10-27-20-7-6-16(12-19(18)20)29-21(31)13-28-25(32)34-26(2,3)4/h6-8,10,12,15,17,22-24H,5,9,11,13-14H2,1-4H3,(H,28,32)(H,29,31)/t15-,17+,22+,23+,24-/m0/s1. The highest BCUT2D eigenvalue weighted by molar-refractivity contribution is 5.96. The van der Waals surface area contributed by atoms with E-state index in [1.54, 1.807) is 20.8 Å². The number of hydrogen-bond donors (Lipinski definition) is 2. The van der Waals surface area contributed by atoms with Gasteiger partial charge in [0, 0.05) is 23.8 Å². The van der Waals surface area contributed by atoms with Gasteiger partial charge >= 0.3 is 6.09 Å². The van der Waals surface area contributed by atoms with Crippen molar-refractivity contribution in [3.8, 4) is 0 Å². The normalized spacial score (nSPS) is 29.8. The molecule has 2 bridgehead atoms. The van der Waals surface area contributed by atoms with Crippen molar-refractivity contribution in [2.45, 2.75) is 64.4 Å². The number of amides is 2. The average molecular weight is 467 g/mol. The molecule has 4 saturated heterocycles. The predicted octanol–water partition coefficient (Wildman–Crippen LogP) is 3.87. The van der Waals surface area contributed by atoms with Gasteiger partial charge in [0.1, 0.15) is 18.2 Å². The van der Waals surface area contributed by atoms with Crippen molar-refractivity contribution >= 4 is 28.6 Å². The van der Waals surface area contributed by atoms with Gasteiger partial charge in [-0.1, -0.05) is 13.3 Å². The molecule has 6 atom stereocenters. The van der Waals surface area contributed by atoms with Gasteiger partial charge in [-0.25, -0.2) is 4.79 Å². The molecule has 2 aromatic rings. The molecule has 8 nitrogen and oxygen atoms in total. The summed E-state index contributed by atoms with van der Waals surface area (Å²) < 4.78 is 11.7. The lowest BCUT2D eigenvalue weighted by Gasteiger charge is -2.62. The summed E-state index contributed by atoms with van der Waals surface area (Å²) in [7, 11) is 0. The van der Waals surface area contributed by atoms with Crippen molar-refractivity contribution in [3.63, 3.8) is 0 Å². The van der Waals surface area contributed by atoms with Crippen molar-refractivity contribution in [2.75, 3.05) is 25.0 Å². The summed E-state index contributed by atoms with van der Waals surface area (Å²) in [6, 6.07) is 8.15. The quantitative estimate of drug-likeness (QED) is 0.695. The van der Waals surface area contributed by atoms with Crippen LogP contribution in [-0.2, 0) is 14.3 Å². The number of piperidine rings is 3. The summed E-state index contributed by atoms with van der Waals surface area (Å²) in [6.45, 7) is 9.76. The fourth-order valence-electron chi connectivity index (χ4n) is 5.80. The van der Waals surface area contributed by atoms with Crippen LogP contribution >= 0.6 is 0 Å². The third kappa shape index (κ3) is 4.36. The zero-order chi connectivity index (χ0) is 24.0. The van der Waals surface area contributed by atoms with Crippen molar-refractivity contribution < 1.29 is 19.1 Å². The minimum Gasteiger partial charge on any atom is -0.444 e. The number of alkyl carbamates (subject to hydrolysis) is 1. The monoisotopic (exact) mass is 466 g/mol. The van der Waals surface area contributed by atoms with E-state index in [-0.39, 0.29) is 18.6 Å². The predicted molar refractivity (Wildman–Crippen MR) is 129 cm³/mol. The highest BCUT2D eigenvalue weighted by Crippen LogP contribution is 2.52. The van der Waals surface area contributed by atoms with E-state index >= 15 is 0 Å². The van der Waals surface area contributed by atoms with E-state index in [9.17, 15) is 9.59 Å². The number of rotatable bonds is 5. The first-order valence-electron chi connectivity index (χ1n) is 12.3. The summed E-state index contributed by atoms with van der Waals surface area (Å²) >= 11 is 0. The molecule has 5 heterocycles. The van der Waals surface area contributed by atoms with Gasteiger partial charge in [0.05, 0.1) is 17.7 Å². The Morgan fingerprint density at radius 3 is 2.82 bits per heavy atom. The number of pyridine rings is 1. The van der Waals surface area contributed by atoms with E-state index < -0.39 is 11.7 Å². The molecule has 0 saturated carbocycles. The van der Waals surface area contributed by atoms with Crippen LogP contribution in [0.3, 0.4) is 0 Å². The lowest BCUT2D eigenvalue weighted by molar-refractivity contribution is -0.272. The van der Waals surface area contributed by atoms with Gasteiger partial charge in [-0.2, -0.15) is 0 Å². The zero-order valence-corrected chi connectivity index (χ0v) is 20.3. The molecule has 4 aliphatic rings. The first-order chi connectivity index (χ1) is 16.2. The van der Waals surface area contributed by atoms with Gasteiger partial charge in [0.25, 0.3) is 0 Å². The third-order valence-electron chi connectivity index (χ3n) is 7.30. The summed E-state index contributed by atoms with van der Waals surface area (Å²) in [5.74, 6) is 1.08. The first kappa shape index (κ1) is 23.1. The number of benzene rings is 1. The summed E-state index contributed by atoms with van der Waals surface area (Å²) in [4.78, 5) is 31.4. The van der Waals surface area contributed by atoms with Gasteiger partial charge in [-0.15, -0.1) is 0 Å². The molecule has 4 fully saturated rings. The van der Waals surface area contributed by atoms with Crippen molar-refractivity contribution in [3.05, 3.63) is 36.0 Å². The molecule has 34 heavy (non-hydrogen) atoms. The third-order valence-corrected chi connectivity index (χ3v) is 7.30. The second-order valence-electron chi connectivity index (χ2n) is 10.7. The van der Waals surface area contributed by atoms with Crippen LogP contribution in [0.15, 0.2) is 30.5 Å². The number of nitrogens with one attached hydrogen (secondary N) is 2. The highest BCUT2D eigenvalue weighted by Gasteiger charge is 2.57. The second-order valence-corrected chi connectivity index (χ2v) is 10.7. The Labute approximate surface area is 200 Å². The van der Waals surface area contributed by atoms with Gasteiger partial charge in [-0.05, 0) is 75.4 Å². The average Bonchev–Trinajstić information content (AvgIpc) is 2.76. The van der Waals surface area contributed by atoms with E-state index in [0.717, 1.165) is 35.5 Å². The molecule has 2 amide bonds. The van der Waals surface area contributed by atoms with Gasteiger partial charge in [0.2, 0.25) is 5.91 Å². The van der Waals surface area contributed by atoms with E-state index in [1.165, 1.54) is 12.8 Å². The summed E-state index contributed by atoms with van der Waals surface area (Å²) in [5.41, 5.74) is 2.04. The SMILES string of the molecule is CC[C@H]1CN2CC[C@H]1[C@H]1O[C@@H](c3ccnc4ccc(NC(=O)CNC(=O)OC(C)(C)C)cc34)[C@@H]12. The zero-order valence-electron chi connectivity index (χ0n) is 20.3. The lowest BCUT2D eigenvalue weighted by Crippen LogP contribution is -2.70. The minimum atomic E-state index is -0.619. The smallest absolute Gasteiger partial charge is 0.408 e. The maximum Gasteiger partial charge on any atom is 0.408 e. The molecule has 6 rings (SSSR count). The van der Waals surface area contributed by atoms with Crippen LogP contribution < -0.4 is 10.6 Å². The molecule has 182 valence electrons. The Bertz CT molecular complexity index is 1100. The largest absolute Gasteiger partial charge is 0.444 e. The summed E-state index contributed by atoms with van der Waals surface area (Å²) in [6.07, 6.45) is 4.01. The molecule has 0 radical (unpaired) electrons. The molecular weight excluding hydrogens is 432 g/mol. The Kier molecular flexibility index (Phi) is 5.98. The number of nitrogens with zero attached hydrogens (tertiary/aromatic N) is 2. The van der Waals surface area contributed by atoms with E-state index in [1.807, 2.05) is 30.5 Å². The molecule has 1 aromatic carbocycles. The maximum atomic E-state index is 12.4. The molecule has 1 unspecified atom stereocenters. The number of hydrogen-bond acceptors (Lipinski definition) is 6. The number of fused-ring (bicyclic) bond motifs is 3. The van der Waals surface area contributed by atoms with Crippen LogP contribution in [0.5, 0.6) is 0 Å². The molecule has 4 aliphatic heterocycles. The molecule has 1 aromatic heterocycles. The van der Waals surface area contributed by atoms with Crippen molar-refractivity contribution in [1.82, 2.24) is 15.2 Å². The Balaban J connectivity index is 1.29. The molecular formula is C26H34N4O4. The second kappa shape index (κ2) is 8.82. The van der Waals surface area contributed by atoms with Crippen molar-refractivity contribution in [2.24, 2.45) is 11.8 Å². The summed E-state index contributed by atoms with van der Waals surface area (Å²) in [5, 5.41) is 6.34. The fourth-order valence-corrected chi connectivity index (χ4v) is 5.80. The Hall–Kier alpha value is -2.71. The van der Waals surface area contributed by atoms with Crippen LogP contribution in [0.25, 0.3) is 10.9 Å². The van der Waals surface area contributed by atoms with Gasteiger partial charge in [0.15, 0.2) is 0 Å². The van der Waals surface area contributed by atoms with E-state index in [4.69, 9.17) is 9.47 Å². The highest BCUT2D eigenvalue weighted by atomic mass is 16.6. The van der Waals surface area contributed by atoms with Crippen LogP contribution in [-0.4, -0.2) is 59.3 Å². The Morgan fingerprint density at radius 2 is 2.09 bits per heavy atom. The number of aromatic nitrogens is 1. The lowest BCUT2D eigenvalue weighted by atomic mass is 9.67. The first-order valence-corrected chi connectivity index (χ1v) is 12.3. The van der Waals surface area contributed by atoms with Gasteiger partial charge in [-0.3, -0.25) is 14.7 Å². The number of carbonyl (C=O) groups excluding carboxylic acids is 2. The van der Waals surface area contributed by atoms with Crippen LogP contribution in [0.2, 0.25) is 0 Å². The number of ether oxygens (including phenoxy) is 2. The van der Waals surface area contributed by atoms with Crippen LogP contribution in [0, 0.1) is 11.8 Å². The van der Waals surface area contributed by atoms with Crippen LogP contribution in [0.1, 0.15) is 52.2 Å². The van der Waals surface area contributed by atoms with Gasteiger partial charge < -0.3 is 20.1 Å². The number of carbonyl (C=O) groups is 2. The van der Waals surface area contributed by atoms with E-state index in [0.29, 0.717) is 23.8 Å². The topological polar surface area (TPSA) is 92.8 Å². The molecule has 2 N–H and O–H groups in total. The fraction of sp³-hybridized carbons (Fsp3) is 0.577. The molecule has 0 aliphatic carbocycles.